The van der Waals surface area contributed by atoms with E-state index in [2.05, 4.69) is 5.32 Å². The molecule has 5 heterocycles. The molecule has 1 aromatic carbocycles. The lowest BCUT2D eigenvalue weighted by atomic mass is 9.60. The number of nitrogens with zero attached hydrogens (tertiary/aromatic N) is 3. The van der Waals surface area contributed by atoms with Crippen LogP contribution in [0, 0.1) is 23.7 Å². The van der Waals surface area contributed by atoms with Gasteiger partial charge in [-0.05, 0) is 66.5 Å². The molecule has 48 heavy (non-hydrogen) atoms. The van der Waals surface area contributed by atoms with Crippen LogP contribution in [0.25, 0.3) is 10.1 Å². The third-order valence-corrected chi connectivity index (χ3v) is 14.8. The SMILES string of the molecule is CC(=O)N1CC[C@H]2CC[C@@H](C(=O)N3C[C@@H]4[C@H](C3)[C@H]3CS(=O)(=O)C[C@@H]43)N2C(=O)[C@@H](NC(=O)c2cc3cc(C(F)(F)P(=O)(O)O)ccc3s2)C1. The molecule has 1 aromatic heterocycles. The van der Waals surface area contributed by atoms with Gasteiger partial charge in [-0.3, -0.25) is 23.7 Å². The van der Waals surface area contributed by atoms with Crippen molar-refractivity contribution in [1.82, 2.24) is 20.0 Å². The van der Waals surface area contributed by atoms with Crippen LogP contribution in [0.2, 0.25) is 0 Å². The van der Waals surface area contributed by atoms with E-state index in [0.717, 1.165) is 23.5 Å². The second-order valence-corrected chi connectivity index (χ2v) is 18.6. The van der Waals surface area contributed by atoms with Crippen LogP contribution in [0.4, 0.5) is 8.78 Å². The zero-order chi connectivity index (χ0) is 34.5. The van der Waals surface area contributed by atoms with Gasteiger partial charge in [-0.2, -0.15) is 8.78 Å². The summed E-state index contributed by atoms with van der Waals surface area (Å²) < 4.78 is 64.8. The Labute approximate surface area is 278 Å². The molecule has 13 nitrogen and oxygen atoms in total. The first-order chi connectivity index (χ1) is 22.4. The minimum absolute atomic E-state index is 0.0524. The molecule has 4 saturated heterocycles. The zero-order valence-electron chi connectivity index (χ0n) is 25.8. The molecular formula is C30H35F2N4O9PS2. The lowest BCUT2D eigenvalue weighted by Crippen LogP contribution is -2.61. The number of hydrogen-bond acceptors (Lipinski definition) is 8. The van der Waals surface area contributed by atoms with Gasteiger partial charge in [0.15, 0.2) is 9.84 Å². The minimum atomic E-state index is -5.81. The number of carbonyl (C=O) groups is 4. The maximum atomic E-state index is 14.3. The number of likely N-dealkylation sites (tertiary alicyclic amines) is 1. The molecule has 7 rings (SSSR count). The highest BCUT2D eigenvalue weighted by atomic mass is 32.2. The summed E-state index contributed by atoms with van der Waals surface area (Å²) in [5.41, 5.74) is -5.34. The Hall–Kier alpha value is -2.98. The number of sulfone groups is 1. The first kappa shape index (κ1) is 33.5. The molecule has 1 saturated carbocycles. The Morgan fingerprint density at radius 1 is 0.979 bits per heavy atom. The lowest BCUT2D eigenvalue weighted by Gasteiger charge is -2.42. The molecule has 18 heteroatoms. The van der Waals surface area contributed by atoms with Gasteiger partial charge in [0.2, 0.25) is 17.7 Å². The Balaban J connectivity index is 1.10. The molecule has 5 fully saturated rings. The topological polar surface area (TPSA) is 182 Å². The number of amides is 4. The maximum Gasteiger partial charge on any atom is 0.399 e. The van der Waals surface area contributed by atoms with Crippen molar-refractivity contribution in [3.8, 4) is 0 Å². The van der Waals surface area contributed by atoms with Crippen molar-refractivity contribution in [3.63, 3.8) is 0 Å². The van der Waals surface area contributed by atoms with Gasteiger partial charge in [-0.15, -0.1) is 11.3 Å². The second kappa shape index (κ2) is 11.5. The smallest absolute Gasteiger partial charge is 0.340 e. The van der Waals surface area contributed by atoms with Gasteiger partial charge in [0.25, 0.3) is 5.91 Å². The van der Waals surface area contributed by atoms with Crippen LogP contribution >= 0.6 is 18.9 Å². The molecule has 260 valence electrons. The van der Waals surface area contributed by atoms with Crippen LogP contribution in [0.5, 0.6) is 0 Å². The number of rotatable bonds is 5. The highest BCUT2D eigenvalue weighted by Gasteiger charge is 2.61. The van der Waals surface area contributed by atoms with E-state index in [4.69, 9.17) is 9.79 Å². The number of hydrogen-bond donors (Lipinski definition) is 3. The second-order valence-electron chi connectivity index (χ2n) is 13.7. The van der Waals surface area contributed by atoms with Gasteiger partial charge in [-0.25, -0.2) is 8.42 Å². The van der Waals surface area contributed by atoms with Crippen LogP contribution in [0.15, 0.2) is 24.3 Å². The van der Waals surface area contributed by atoms with Gasteiger partial charge >= 0.3 is 13.3 Å². The summed E-state index contributed by atoms with van der Waals surface area (Å²) >= 11 is 0.938. The molecule has 2 aromatic rings. The molecule has 1 aliphatic carbocycles. The van der Waals surface area contributed by atoms with E-state index >= 15 is 0 Å². The standard InChI is InChI=1S/C30H35F2N4O9PS2/c1-15(37)34-7-6-18-3-4-24(29(40)35-10-19-20(11-35)22-14-48(44,45)13-21(19)22)36(18)28(39)23(12-34)33-27(38)26-9-16-8-17(2-5-25(16)47-26)30(31,32)46(41,42)43/h2,5,8-9,18-24H,3-4,6-7,10-14H2,1H3,(H,33,38)(H2,41,42,43)/t18-,19-,20+,21+,22-,23+,24+/m1/s1. The van der Waals surface area contributed by atoms with Crippen LogP contribution in [-0.2, 0) is 34.4 Å². The van der Waals surface area contributed by atoms with E-state index in [1.165, 1.54) is 24.0 Å². The summed E-state index contributed by atoms with van der Waals surface area (Å²) in [7, 11) is -8.86. The minimum Gasteiger partial charge on any atom is -0.340 e. The normalized spacial score (nSPS) is 31.5. The summed E-state index contributed by atoms with van der Waals surface area (Å²) in [6.07, 6.45) is 1.42. The molecule has 0 bridgehead atoms. The summed E-state index contributed by atoms with van der Waals surface area (Å²) in [4.78, 5) is 77.3. The molecule has 4 amide bonds. The van der Waals surface area contributed by atoms with Gasteiger partial charge in [-0.1, -0.05) is 6.07 Å². The molecule has 0 spiro atoms. The number of carbonyl (C=O) groups excluding carboxylic acids is 4. The molecule has 4 aliphatic heterocycles. The number of thiophene rings is 1. The van der Waals surface area contributed by atoms with E-state index in [-0.39, 0.29) is 69.8 Å². The van der Waals surface area contributed by atoms with Gasteiger partial charge in [0.1, 0.15) is 12.1 Å². The fraction of sp³-hybridized carbons (Fsp3) is 0.600. The average Bonchev–Trinajstić information content (AvgIpc) is 3.77. The van der Waals surface area contributed by atoms with E-state index in [1.807, 2.05) is 0 Å². The van der Waals surface area contributed by atoms with Gasteiger partial charge in [0, 0.05) is 49.4 Å². The van der Waals surface area contributed by atoms with E-state index in [9.17, 15) is 40.9 Å². The fourth-order valence-corrected chi connectivity index (χ4v) is 12.3. The summed E-state index contributed by atoms with van der Waals surface area (Å²) in [5, 5.41) is 2.85. The summed E-state index contributed by atoms with van der Waals surface area (Å²) in [5.74, 6) is -0.985. The van der Waals surface area contributed by atoms with Gasteiger partial charge < -0.3 is 29.8 Å². The van der Waals surface area contributed by atoms with Crippen molar-refractivity contribution in [1.29, 1.82) is 0 Å². The lowest BCUT2D eigenvalue weighted by molar-refractivity contribution is -0.148. The quantitative estimate of drug-likeness (QED) is 0.386. The number of alkyl halides is 2. The van der Waals surface area contributed by atoms with Crippen molar-refractivity contribution in [2.24, 2.45) is 23.7 Å². The number of nitrogens with one attached hydrogen (secondary N) is 1. The van der Waals surface area contributed by atoms with E-state index in [0.29, 0.717) is 43.6 Å². The number of benzene rings is 1. The van der Waals surface area contributed by atoms with Crippen molar-refractivity contribution < 1.29 is 50.7 Å². The number of fused-ring (bicyclic) bond motifs is 6. The molecule has 0 unspecified atom stereocenters. The van der Waals surface area contributed by atoms with Crippen molar-refractivity contribution in [3.05, 3.63) is 34.7 Å². The highest BCUT2D eigenvalue weighted by Crippen LogP contribution is 2.59. The first-order valence-corrected chi connectivity index (χ1v) is 20.1. The third kappa shape index (κ3) is 5.55. The van der Waals surface area contributed by atoms with Crippen LogP contribution in [0.1, 0.15) is 41.4 Å². The van der Waals surface area contributed by atoms with E-state index < -0.39 is 52.6 Å². The van der Waals surface area contributed by atoms with Crippen LogP contribution in [-0.4, -0.2) is 112 Å². The summed E-state index contributed by atoms with van der Waals surface area (Å²) in [6.45, 7) is 2.44. The predicted molar refractivity (Wildman–Crippen MR) is 169 cm³/mol. The molecule has 7 atom stereocenters. The molecule has 0 radical (unpaired) electrons. The molecule has 5 aliphatic rings. The zero-order valence-corrected chi connectivity index (χ0v) is 28.4. The Morgan fingerprint density at radius 2 is 1.65 bits per heavy atom. The third-order valence-electron chi connectivity index (χ3n) is 10.9. The van der Waals surface area contributed by atoms with Crippen molar-refractivity contribution in [2.45, 2.75) is 50.0 Å². The van der Waals surface area contributed by atoms with Gasteiger partial charge in [0.05, 0.1) is 16.4 Å². The van der Waals surface area contributed by atoms with Crippen LogP contribution in [0.3, 0.4) is 0 Å². The van der Waals surface area contributed by atoms with Crippen LogP contribution < -0.4 is 5.32 Å². The van der Waals surface area contributed by atoms with Crippen molar-refractivity contribution in [2.75, 3.05) is 37.7 Å². The Bertz CT molecular complexity index is 1860. The maximum absolute atomic E-state index is 14.3. The fourth-order valence-electron chi connectivity index (χ4n) is 8.54. The Kier molecular flexibility index (Phi) is 8.06. The average molecular weight is 729 g/mol. The molecule has 3 N–H and O–H groups in total. The molecular weight excluding hydrogens is 693 g/mol. The van der Waals surface area contributed by atoms with E-state index in [1.54, 1.807) is 9.80 Å². The predicted octanol–water partition coefficient (Wildman–Crippen LogP) is 1.59. The highest BCUT2D eigenvalue weighted by molar-refractivity contribution is 7.91. The summed E-state index contributed by atoms with van der Waals surface area (Å²) in [6, 6.07) is 2.00. The van der Waals surface area contributed by atoms with Crippen molar-refractivity contribution >= 4 is 62.5 Å². The first-order valence-electron chi connectivity index (χ1n) is 15.8. The Morgan fingerprint density at radius 3 is 2.27 bits per heavy atom. The number of halogens is 2. The monoisotopic (exact) mass is 728 g/mol. The largest absolute Gasteiger partial charge is 0.399 e.